The lowest BCUT2D eigenvalue weighted by Gasteiger charge is -2.21. The van der Waals surface area contributed by atoms with E-state index in [4.69, 9.17) is 37.0 Å². The van der Waals surface area contributed by atoms with Crippen molar-refractivity contribution in [3.8, 4) is 0 Å². The smallest absolute Gasteiger partial charge is 0.462 e. The molecule has 0 aromatic carbocycles. The predicted molar refractivity (Wildman–Crippen MR) is 436 cm³/mol. The Hall–Kier alpha value is -5.06. The van der Waals surface area contributed by atoms with Gasteiger partial charge in [0.15, 0.2) is 12.2 Å². The molecule has 0 aliphatic heterocycles. The fourth-order valence-corrected chi connectivity index (χ4v) is 12.1. The first-order valence-electron chi connectivity index (χ1n) is 41.1. The van der Waals surface area contributed by atoms with Crippen molar-refractivity contribution in [1.29, 1.82) is 0 Å². The molecule has 0 aliphatic rings. The van der Waals surface area contributed by atoms with Crippen molar-refractivity contribution in [3.05, 3.63) is 146 Å². The monoisotopic (exact) mass is 1530 g/mol. The van der Waals surface area contributed by atoms with E-state index in [0.717, 1.165) is 205 Å². The summed E-state index contributed by atoms with van der Waals surface area (Å²) in [5.74, 6) is -2.25. The Morgan fingerprint density at radius 2 is 0.491 bits per heavy atom. The molecule has 0 spiro atoms. The van der Waals surface area contributed by atoms with Crippen molar-refractivity contribution in [3.63, 3.8) is 0 Å². The molecular formula is C87H146O17P2. The molecule has 106 heavy (non-hydrogen) atoms. The number of hydrogen-bond donors (Lipinski definition) is 3. The molecule has 0 amide bonds. The van der Waals surface area contributed by atoms with Crippen LogP contribution in [0, 0.1) is 0 Å². The Morgan fingerprint density at radius 3 is 0.755 bits per heavy atom. The Balaban J connectivity index is 5.42. The number of rotatable bonds is 76. The second-order valence-corrected chi connectivity index (χ2v) is 29.8. The van der Waals surface area contributed by atoms with Gasteiger partial charge in [0.2, 0.25) is 0 Å². The second kappa shape index (κ2) is 78.1. The Labute approximate surface area is 643 Å². The van der Waals surface area contributed by atoms with E-state index in [1.165, 1.54) is 38.5 Å². The number of carbonyl (C=O) groups is 4. The van der Waals surface area contributed by atoms with Gasteiger partial charge < -0.3 is 33.8 Å². The van der Waals surface area contributed by atoms with Gasteiger partial charge in [-0.2, -0.15) is 0 Å². The molecule has 0 aromatic heterocycles. The van der Waals surface area contributed by atoms with E-state index < -0.39 is 97.5 Å². The van der Waals surface area contributed by atoms with Crippen molar-refractivity contribution in [2.75, 3.05) is 39.6 Å². The molecule has 19 heteroatoms. The third kappa shape index (κ3) is 77.1. The molecule has 0 fully saturated rings. The number of hydrogen-bond acceptors (Lipinski definition) is 15. The number of aliphatic hydroxyl groups is 1. The van der Waals surface area contributed by atoms with Crippen LogP contribution >= 0.6 is 15.6 Å². The summed E-state index contributed by atoms with van der Waals surface area (Å²) in [4.78, 5) is 73.1. The van der Waals surface area contributed by atoms with Crippen LogP contribution in [0.3, 0.4) is 0 Å². The van der Waals surface area contributed by atoms with E-state index in [9.17, 15) is 43.2 Å². The highest BCUT2D eigenvalue weighted by Gasteiger charge is 2.30. The van der Waals surface area contributed by atoms with Gasteiger partial charge in [0.25, 0.3) is 0 Å². The van der Waals surface area contributed by atoms with Gasteiger partial charge in [0.05, 0.1) is 26.4 Å². The maximum Gasteiger partial charge on any atom is 0.472 e. The third-order valence-corrected chi connectivity index (χ3v) is 18.7. The van der Waals surface area contributed by atoms with E-state index in [0.29, 0.717) is 25.7 Å². The fourth-order valence-electron chi connectivity index (χ4n) is 10.6. The summed E-state index contributed by atoms with van der Waals surface area (Å²) >= 11 is 0. The van der Waals surface area contributed by atoms with Crippen LogP contribution in [-0.4, -0.2) is 96.7 Å². The van der Waals surface area contributed by atoms with E-state index in [1.54, 1.807) is 0 Å². The summed E-state index contributed by atoms with van der Waals surface area (Å²) in [5, 5.41) is 10.7. The summed E-state index contributed by atoms with van der Waals surface area (Å²) in [5.41, 5.74) is 0. The molecule has 0 rings (SSSR count). The summed E-state index contributed by atoms with van der Waals surface area (Å²) in [7, 11) is -9.99. The number of unbranched alkanes of at least 4 members (excludes halogenated alkanes) is 26. The zero-order valence-electron chi connectivity index (χ0n) is 66.3. The quantitative estimate of drug-likeness (QED) is 0.0169. The number of esters is 4. The van der Waals surface area contributed by atoms with Gasteiger partial charge in [-0.25, -0.2) is 9.13 Å². The van der Waals surface area contributed by atoms with Crippen LogP contribution in [0.15, 0.2) is 146 Å². The zero-order chi connectivity index (χ0) is 77.4. The number of phosphoric acid groups is 2. The topological polar surface area (TPSA) is 237 Å². The third-order valence-electron chi connectivity index (χ3n) is 16.8. The largest absolute Gasteiger partial charge is 0.472 e. The standard InChI is InChI=1S/C87H146O17P2/c1-5-9-13-17-21-25-29-33-37-39-40-42-46-48-52-56-60-64-68-72-85(90)98-78-83(104-87(92)74-70-66-62-58-54-50-44-36-32-28-24-20-16-12-8-4)80-102-106(95,96)100-76-81(88)75-99-105(93,94)101-79-82(103-86(91)73-69-65-61-57-53-49-43-35-31-27-23-19-15-11-7-3)77-97-84(89)71-67-63-59-55-51-47-45-41-38-34-30-26-22-18-14-10-6-2/h10-11,14-15,21-28,33-38,40,42-45,47,81-83,88H,5-9,12-13,16-20,29-32,39,41,46,48-80H2,1-4H3,(H,93,94)(H,95,96)/b14-10-,15-11-,25-21-,26-22-,27-23-,28-24-,37-33-,38-34-,42-40-,43-35-,44-36-,47-45-. The van der Waals surface area contributed by atoms with Crippen LogP contribution < -0.4 is 0 Å². The average Bonchev–Trinajstić information content (AvgIpc) is 0.928. The lowest BCUT2D eigenvalue weighted by Crippen LogP contribution is -2.30. The minimum atomic E-state index is -5.00. The Kier molecular flexibility index (Phi) is 74.3. The van der Waals surface area contributed by atoms with Gasteiger partial charge in [-0.1, -0.05) is 276 Å². The van der Waals surface area contributed by atoms with Gasteiger partial charge in [0, 0.05) is 25.7 Å². The molecule has 606 valence electrons. The van der Waals surface area contributed by atoms with Crippen LogP contribution in [-0.2, 0) is 65.4 Å². The highest BCUT2D eigenvalue weighted by Crippen LogP contribution is 2.45. The SMILES string of the molecule is CC/C=C\C/C=C\C/C=C\C/C=C\CCCCCCC(=O)OCC(COP(=O)(O)OCC(O)COP(=O)(O)OCC(COC(=O)CCCCCCCC/C=C\C/C=C\C/C=C\CCCCC)OC(=O)CCCCCCC/C=C\C/C=C\CCCCC)OC(=O)CCCCCCC/C=C\C/C=C\C/C=C\CC. The molecule has 0 saturated carbocycles. The number of allylic oxidation sites excluding steroid dienone is 24. The Morgan fingerprint density at radius 1 is 0.274 bits per heavy atom. The van der Waals surface area contributed by atoms with Gasteiger partial charge in [0.1, 0.15) is 19.3 Å². The van der Waals surface area contributed by atoms with Crippen molar-refractivity contribution in [2.24, 2.45) is 0 Å². The molecule has 0 heterocycles. The van der Waals surface area contributed by atoms with E-state index >= 15 is 0 Å². The van der Waals surface area contributed by atoms with Gasteiger partial charge >= 0.3 is 39.5 Å². The minimum Gasteiger partial charge on any atom is -0.462 e. The van der Waals surface area contributed by atoms with Crippen LogP contribution in [0.2, 0.25) is 0 Å². The molecule has 3 N–H and O–H groups in total. The maximum atomic E-state index is 13.1. The first-order chi connectivity index (χ1) is 51.7. The van der Waals surface area contributed by atoms with E-state index in [1.807, 2.05) is 0 Å². The molecule has 5 atom stereocenters. The fraction of sp³-hybridized carbons (Fsp3) is 0.678. The minimum absolute atomic E-state index is 0.0653. The van der Waals surface area contributed by atoms with Crippen LogP contribution in [0.5, 0.6) is 0 Å². The summed E-state index contributed by atoms with van der Waals surface area (Å²) < 4.78 is 68.7. The normalized spacial score (nSPS) is 14.6. The highest BCUT2D eigenvalue weighted by molar-refractivity contribution is 7.47. The van der Waals surface area contributed by atoms with Crippen molar-refractivity contribution >= 4 is 39.5 Å². The van der Waals surface area contributed by atoms with Crippen molar-refractivity contribution in [1.82, 2.24) is 0 Å². The average molecular weight is 1530 g/mol. The van der Waals surface area contributed by atoms with E-state index in [-0.39, 0.29) is 25.7 Å². The van der Waals surface area contributed by atoms with E-state index in [2.05, 4.69) is 174 Å². The maximum absolute atomic E-state index is 13.1. The summed E-state index contributed by atoms with van der Waals surface area (Å²) in [6.45, 7) is 4.53. The molecule has 17 nitrogen and oxygen atoms in total. The van der Waals surface area contributed by atoms with Gasteiger partial charge in [-0.15, -0.1) is 0 Å². The highest BCUT2D eigenvalue weighted by atomic mass is 31.2. The molecule has 0 radical (unpaired) electrons. The number of carbonyl (C=O) groups excluding carboxylic acids is 4. The summed E-state index contributed by atoms with van der Waals surface area (Å²) in [6, 6.07) is 0. The molecule has 0 bridgehead atoms. The molecular weight excluding hydrogens is 1380 g/mol. The first-order valence-corrected chi connectivity index (χ1v) is 44.1. The number of phosphoric ester groups is 2. The van der Waals surface area contributed by atoms with Crippen molar-refractivity contribution in [2.45, 2.75) is 341 Å². The molecule has 0 aliphatic carbocycles. The van der Waals surface area contributed by atoms with Gasteiger partial charge in [-0.3, -0.25) is 37.3 Å². The predicted octanol–water partition coefficient (Wildman–Crippen LogP) is 24.2. The lowest BCUT2D eigenvalue weighted by molar-refractivity contribution is -0.161. The molecule has 5 unspecified atom stereocenters. The number of aliphatic hydroxyl groups excluding tert-OH is 1. The first kappa shape index (κ1) is 101. The second-order valence-electron chi connectivity index (χ2n) is 26.9. The van der Waals surface area contributed by atoms with Gasteiger partial charge in [-0.05, 0) is 167 Å². The van der Waals surface area contributed by atoms with Crippen LogP contribution in [0.25, 0.3) is 0 Å². The van der Waals surface area contributed by atoms with Crippen LogP contribution in [0.1, 0.15) is 323 Å². The zero-order valence-corrected chi connectivity index (χ0v) is 68.1. The lowest BCUT2D eigenvalue weighted by atomic mass is 10.1. The van der Waals surface area contributed by atoms with Crippen LogP contribution in [0.4, 0.5) is 0 Å². The Bertz CT molecular complexity index is 2580. The summed E-state index contributed by atoms with van der Waals surface area (Å²) in [6.07, 6.45) is 89.5. The number of ether oxygens (including phenoxy) is 4. The molecule has 0 saturated heterocycles. The molecule has 0 aromatic rings. The van der Waals surface area contributed by atoms with Crippen molar-refractivity contribution < 1.29 is 80.2 Å².